The van der Waals surface area contributed by atoms with Crippen LogP contribution in [0.5, 0.6) is 0 Å². The highest BCUT2D eigenvalue weighted by Gasteiger charge is 2.39. The zero-order valence-electron chi connectivity index (χ0n) is 25.9. The van der Waals surface area contributed by atoms with E-state index < -0.39 is 6.29 Å². The smallest absolute Gasteiger partial charge is 0.286 e. The lowest BCUT2D eigenvalue weighted by molar-refractivity contribution is -0.166. The first-order valence-electron chi connectivity index (χ1n) is 15.8. The first-order valence-corrected chi connectivity index (χ1v) is 15.8. The van der Waals surface area contributed by atoms with Crippen LogP contribution < -0.4 is 16.4 Å². The van der Waals surface area contributed by atoms with E-state index >= 15 is 0 Å². The van der Waals surface area contributed by atoms with Gasteiger partial charge in [0.2, 0.25) is 6.29 Å². The molecule has 0 fully saturated rings. The molecule has 8 nitrogen and oxygen atoms in total. The van der Waals surface area contributed by atoms with Crippen molar-refractivity contribution in [3.63, 3.8) is 0 Å². The number of benzene rings is 4. The van der Waals surface area contributed by atoms with Crippen molar-refractivity contribution in [3.05, 3.63) is 131 Å². The molecule has 0 saturated carbocycles. The number of amides is 2. The van der Waals surface area contributed by atoms with Crippen molar-refractivity contribution >= 4 is 23.2 Å². The van der Waals surface area contributed by atoms with Gasteiger partial charge in [-0.3, -0.25) is 9.59 Å². The number of hydrogen-bond acceptors (Lipinski definition) is 6. The van der Waals surface area contributed by atoms with Crippen LogP contribution in [0.1, 0.15) is 58.3 Å². The summed E-state index contributed by atoms with van der Waals surface area (Å²) in [5, 5.41) is 15.5. The zero-order valence-corrected chi connectivity index (χ0v) is 25.9. The molecule has 1 aliphatic carbocycles. The minimum absolute atomic E-state index is 0.0677. The molecule has 0 radical (unpaired) electrons. The van der Waals surface area contributed by atoms with Crippen LogP contribution in [0.2, 0.25) is 0 Å². The van der Waals surface area contributed by atoms with Crippen molar-refractivity contribution < 1.29 is 24.2 Å². The molecule has 3 atom stereocenters. The Morgan fingerprint density at radius 1 is 0.935 bits per heavy atom. The van der Waals surface area contributed by atoms with Crippen molar-refractivity contribution in [2.24, 2.45) is 5.92 Å². The molecule has 4 aromatic rings. The molecule has 1 heterocycles. The zero-order chi connectivity index (χ0) is 32.0. The lowest BCUT2D eigenvalue weighted by atomic mass is 9.78. The highest BCUT2D eigenvalue weighted by molar-refractivity contribution is 6.05. The molecule has 2 amide bonds. The molecule has 2 aliphatic rings. The molecule has 236 valence electrons. The Balaban J connectivity index is 1.21. The number of carbonyl (C=O) groups is 2. The van der Waals surface area contributed by atoms with Gasteiger partial charge in [-0.2, -0.15) is 0 Å². The number of hydrogen-bond donors (Lipinski definition) is 4. The van der Waals surface area contributed by atoms with E-state index in [0.29, 0.717) is 36.4 Å². The van der Waals surface area contributed by atoms with Gasteiger partial charge in [-0.25, -0.2) is 0 Å². The number of nitrogens with two attached hydrogens (primary N) is 1. The summed E-state index contributed by atoms with van der Waals surface area (Å²) in [5.41, 5.74) is 14.5. The van der Waals surface area contributed by atoms with Crippen LogP contribution in [0.25, 0.3) is 11.1 Å². The van der Waals surface area contributed by atoms with Gasteiger partial charge < -0.3 is 30.9 Å². The summed E-state index contributed by atoms with van der Waals surface area (Å²) >= 11 is 0. The molecule has 5 N–H and O–H groups in total. The monoisotopic (exact) mass is 617 g/mol. The Morgan fingerprint density at radius 3 is 2.48 bits per heavy atom. The van der Waals surface area contributed by atoms with Gasteiger partial charge in [0, 0.05) is 37.2 Å². The third kappa shape index (κ3) is 6.54. The summed E-state index contributed by atoms with van der Waals surface area (Å²) in [7, 11) is 0. The lowest BCUT2D eigenvalue weighted by Gasteiger charge is -2.37. The van der Waals surface area contributed by atoms with Crippen LogP contribution >= 0.6 is 0 Å². The van der Waals surface area contributed by atoms with Crippen molar-refractivity contribution in [1.82, 2.24) is 5.32 Å². The summed E-state index contributed by atoms with van der Waals surface area (Å²) in [6, 6.07) is 29.0. The highest BCUT2D eigenvalue weighted by Crippen LogP contribution is 2.46. The van der Waals surface area contributed by atoms with Crippen LogP contribution in [-0.2, 0) is 27.2 Å². The molecule has 8 heteroatoms. The average Bonchev–Trinajstić information content (AvgIpc) is 3.47. The molecule has 0 aromatic heterocycles. The second-order valence-corrected chi connectivity index (χ2v) is 11.7. The molecular weight excluding hydrogens is 578 g/mol. The lowest BCUT2D eigenvalue weighted by Crippen LogP contribution is -2.39. The fraction of sp³-hybridized carbons (Fsp3) is 0.263. The van der Waals surface area contributed by atoms with Crippen molar-refractivity contribution in [1.29, 1.82) is 0 Å². The molecule has 6 rings (SSSR count). The van der Waals surface area contributed by atoms with Gasteiger partial charge in [0.05, 0.1) is 11.4 Å². The first-order chi connectivity index (χ1) is 22.5. The molecule has 0 saturated heterocycles. The third-order valence-corrected chi connectivity index (χ3v) is 8.76. The van der Waals surface area contributed by atoms with E-state index in [1.807, 2.05) is 25.1 Å². The van der Waals surface area contributed by atoms with Gasteiger partial charge in [0.15, 0.2) is 5.76 Å². The third-order valence-electron chi connectivity index (χ3n) is 8.76. The fourth-order valence-corrected chi connectivity index (χ4v) is 6.46. The predicted octanol–water partition coefficient (Wildman–Crippen LogP) is 6.16. The maximum Gasteiger partial charge on any atom is 0.286 e. The quantitative estimate of drug-likeness (QED) is 0.132. The molecule has 4 aromatic carbocycles. The van der Waals surface area contributed by atoms with E-state index in [2.05, 4.69) is 53.1 Å². The van der Waals surface area contributed by atoms with Gasteiger partial charge in [-0.15, -0.1) is 0 Å². The Labute approximate surface area is 269 Å². The molecule has 0 unspecified atom stereocenters. The largest absolute Gasteiger partial charge is 0.459 e. The number of nitrogens with one attached hydrogen (secondary N) is 2. The van der Waals surface area contributed by atoms with Gasteiger partial charge in [-0.05, 0) is 89.9 Å². The van der Waals surface area contributed by atoms with Gasteiger partial charge >= 0.3 is 0 Å². The predicted molar refractivity (Wildman–Crippen MR) is 179 cm³/mol. The number of ether oxygens (including phenoxy) is 2. The summed E-state index contributed by atoms with van der Waals surface area (Å²) in [5.74, 6) is -0.614. The first kappa shape index (κ1) is 31.1. The second-order valence-electron chi connectivity index (χ2n) is 11.7. The van der Waals surface area contributed by atoms with Gasteiger partial charge in [0.25, 0.3) is 11.8 Å². The Hall–Kier alpha value is -4.92. The van der Waals surface area contributed by atoms with Crippen molar-refractivity contribution in [3.8, 4) is 11.1 Å². The molecular formula is C38H39N3O5. The molecule has 46 heavy (non-hydrogen) atoms. The normalized spacial score (nSPS) is 18.1. The topological polar surface area (TPSA) is 123 Å². The summed E-state index contributed by atoms with van der Waals surface area (Å²) < 4.78 is 12.3. The Kier molecular flexibility index (Phi) is 9.47. The average molecular weight is 618 g/mol. The van der Waals surface area contributed by atoms with Crippen molar-refractivity contribution in [2.75, 3.05) is 24.3 Å². The van der Waals surface area contributed by atoms with Crippen LogP contribution in [0.3, 0.4) is 0 Å². The maximum absolute atomic E-state index is 13.6. The Bertz CT molecular complexity index is 1750. The van der Waals surface area contributed by atoms with Gasteiger partial charge in [0.1, 0.15) is 0 Å². The SMILES string of the molecule is CCO[C@H]1OC(C(=O)NCc2ccc(C(=O)Nc3ccccc3N)cc2)=C[C@@H](c2cccc3c2Cc2ccccc2-3)[C@@H]1CCCO. The number of rotatable bonds is 11. The van der Waals surface area contributed by atoms with Gasteiger partial charge in [-0.1, -0.05) is 66.7 Å². The van der Waals surface area contributed by atoms with E-state index in [1.165, 1.54) is 22.3 Å². The number of anilines is 2. The van der Waals surface area contributed by atoms with E-state index in [1.54, 1.807) is 36.4 Å². The van der Waals surface area contributed by atoms with Crippen LogP contribution in [-0.4, -0.2) is 36.4 Å². The van der Waals surface area contributed by atoms with E-state index in [0.717, 1.165) is 17.5 Å². The van der Waals surface area contributed by atoms with E-state index in [4.69, 9.17) is 15.2 Å². The highest BCUT2D eigenvalue weighted by atomic mass is 16.7. The minimum atomic E-state index is -0.636. The standard InChI is InChI=1S/C38H39N3O5/c1-2-45-38-30(13-8-20-42)32(29-12-7-11-28-27-10-4-3-9-26(27)21-31(28)29)22-35(46-38)37(44)40-23-24-16-18-25(19-17-24)36(43)41-34-15-6-5-14-33(34)39/h3-7,9-12,14-19,22,30,32,38,42H,2,8,13,20-21,23,39H2,1H3,(H,40,44)(H,41,43)/t30-,32-,38-/m0/s1. The number of para-hydroxylation sites is 2. The number of aliphatic hydroxyl groups is 1. The molecule has 1 aliphatic heterocycles. The van der Waals surface area contributed by atoms with E-state index in [-0.39, 0.29) is 42.6 Å². The molecule has 0 spiro atoms. The maximum atomic E-state index is 13.6. The number of allylic oxidation sites excluding steroid dienone is 1. The Morgan fingerprint density at radius 2 is 1.70 bits per heavy atom. The van der Waals surface area contributed by atoms with Crippen LogP contribution in [0.15, 0.2) is 103 Å². The van der Waals surface area contributed by atoms with Crippen LogP contribution in [0, 0.1) is 5.92 Å². The number of carbonyl (C=O) groups excluding carboxylic acids is 2. The fourth-order valence-electron chi connectivity index (χ4n) is 6.46. The second kappa shape index (κ2) is 14.0. The van der Waals surface area contributed by atoms with Crippen molar-refractivity contribution in [2.45, 2.75) is 44.9 Å². The number of nitrogen functional groups attached to an aromatic ring is 1. The number of fused-ring (bicyclic) bond motifs is 3. The van der Waals surface area contributed by atoms with Crippen LogP contribution in [0.4, 0.5) is 11.4 Å². The molecule has 0 bridgehead atoms. The summed E-state index contributed by atoms with van der Waals surface area (Å²) in [6.45, 7) is 2.66. The van der Waals surface area contributed by atoms with E-state index in [9.17, 15) is 14.7 Å². The minimum Gasteiger partial charge on any atom is -0.459 e. The number of aliphatic hydroxyl groups excluding tert-OH is 1. The summed E-state index contributed by atoms with van der Waals surface area (Å²) in [6.07, 6.45) is 3.40. The summed E-state index contributed by atoms with van der Waals surface area (Å²) in [4.78, 5) is 26.3.